The molecule has 1 aliphatic carbocycles. The van der Waals surface area contributed by atoms with Crippen molar-refractivity contribution in [1.29, 1.82) is 0 Å². The third-order valence-electron chi connectivity index (χ3n) is 6.44. The number of fused-ring (bicyclic) bond motifs is 1. The lowest BCUT2D eigenvalue weighted by molar-refractivity contribution is -0.113. The van der Waals surface area contributed by atoms with Crippen LogP contribution in [0.25, 0.3) is 0 Å². The number of aryl methyl sites for hydroxylation is 1. The van der Waals surface area contributed by atoms with Crippen LogP contribution in [0.15, 0.2) is 42.1 Å². The summed E-state index contributed by atoms with van der Waals surface area (Å²) in [7, 11) is 0. The Hall–Kier alpha value is -3.11. The van der Waals surface area contributed by atoms with E-state index in [-0.39, 0.29) is 29.1 Å². The number of thiophene rings is 1. The SMILES string of the molecule is C=CCn1c(SCC(=O)Nc2sc3c(c2C(=O)OCC)CCC3)nnc1C(C)Oc1ccc(C(C)(C)C)cc1. The molecular formula is C29H36N4O4S2. The normalized spacial score (nSPS) is 13.6. The highest BCUT2D eigenvalue weighted by Gasteiger charge is 2.28. The highest BCUT2D eigenvalue weighted by molar-refractivity contribution is 7.99. The fourth-order valence-corrected chi connectivity index (χ4v) is 6.55. The summed E-state index contributed by atoms with van der Waals surface area (Å²) in [6.07, 6.45) is 4.18. The molecule has 39 heavy (non-hydrogen) atoms. The Morgan fingerprint density at radius 3 is 2.64 bits per heavy atom. The number of hydrogen-bond donors (Lipinski definition) is 1. The van der Waals surface area contributed by atoms with E-state index in [1.807, 2.05) is 23.6 Å². The van der Waals surface area contributed by atoms with Crippen LogP contribution >= 0.6 is 23.1 Å². The second-order valence-electron chi connectivity index (χ2n) is 10.4. The molecule has 0 saturated carbocycles. The van der Waals surface area contributed by atoms with Crippen molar-refractivity contribution in [3.8, 4) is 5.75 Å². The average Bonchev–Trinajstić information content (AvgIpc) is 3.58. The van der Waals surface area contributed by atoms with E-state index in [2.05, 4.69) is 55.0 Å². The number of esters is 1. The van der Waals surface area contributed by atoms with Crippen LogP contribution in [0.5, 0.6) is 5.75 Å². The van der Waals surface area contributed by atoms with Gasteiger partial charge in [0.05, 0.1) is 17.9 Å². The van der Waals surface area contributed by atoms with Crippen LogP contribution in [0, 0.1) is 0 Å². The minimum absolute atomic E-state index is 0.0661. The van der Waals surface area contributed by atoms with E-state index in [4.69, 9.17) is 9.47 Å². The van der Waals surface area contributed by atoms with Crippen LogP contribution in [-0.2, 0) is 34.3 Å². The lowest BCUT2D eigenvalue weighted by atomic mass is 9.87. The standard InChI is InChI=1S/C29H36N4O4S2/c1-7-16-33-25(18(3)37-20-14-12-19(13-15-20)29(4,5)6)31-32-28(33)38-17-23(34)30-26-24(27(35)36-8-2)21-10-9-11-22(21)39-26/h7,12-15,18H,1,8-11,16-17H2,2-6H3,(H,30,34). The zero-order valence-electron chi connectivity index (χ0n) is 23.2. The highest BCUT2D eigenvalue weighted by Crippen LogP contribution is 2.39. The summed E-state index contributed by atoms with van der Waals surface area (Å²) in [6.45, 7) is 14.9. The number of nitrogens with one attached hydrogen (secondary N) is 1. The molecule has 4 rings (SSSR count). The fraction of sp³-hybridized carbons (Fsp3) is 0.448. The van der Waals surface area contributed by atoms with Gasteiger partial charge in [0.1, 0.15) is 10.8 Å². The Labute approximate surface area is 238 Å². The van der Waals surface area contributed by atoms with Gasteiger partial charge in [-0.3, -0.25) is 9.36 Å². The first-order chi connectivity index (χ1) is 18.6. The minimum Gasteiger partial charge on any atom is -0.483 e. The number of ether oxygens (including phenoxy) is 2. The Morgan fingerprint density at radius 2 is 1.97 bits per heavy atom. The number of thioether (sulfide) groups is 1. The van der Waals surface area contributed by atoms with Gasteiger partial charge >= 0.3 is 5.97 Å². The number of benzene rings is 1. The number of allylic oxidation sites excluding steroid dienone is 1. The maximum absolute atomic E-state index is 12.9. The minimum atomic E-state index is -0.378. The van der Waals surface area contributed by atoms with E-state index in [0.29, 0.717) is 34.7 Å². The zero-order chi connectivity index (χ0) is 28.2. The molecule has 0 saturated heterocycles. The molecule has 10 heteroatoms. The van der Waals surface area contributed by atoms with E-state index in [1.165, 1.54) is 28.7 Å². The number of rotatable bonds is 11. The Kier molecular flexibility index (Phi) is 9.17. The van der Waals surface area contributed by atoms with E-state index in [0.717, 1.165) is 35.5 Å². The summed E-state index contributed by atoms with van der Waals surface area (Å²) < 4.78 is 13.3. The van der Waals surface area contributed by atoms with E-state index in [1.54, 1.807) is 13.0 Å². The summed E-state index contributed by atoms with van der Waals surface area (Å²) >= 11 is 2.75. The lowest BCUT2D eigenvalue weighted by Crippen LogP contribution is -2.17. The van der Waals surface area contributed by atoms with Crippen molar-refractivity contribution >= 4 is 40.0 Å². The summed E-state index contributed by atoms with van der Waals surface area (Å²) in [4.78, 5) is 26.7. The van der Waals surface area contributed by atoms with Gasteiger partial charge in [0.25, 0.3) is 0 Å². The van der Waals surface area contributed by atoms with Crippen molar-refractivity contribution < 1.29 is 19.1 Å². The number of hydrogen-bond acceptors (Lipinski definition) is 8. The predicted octanol–water partition coefficient (Wildman–Crippen LogP) is 6.36. The van der Waals surface area contributed by atoms with Gasteiger partial charge in [-0.2, -0.15) is 0 Å². The molecule has 1 N–H and O–H groups in total. The number of anilines is 1. The van der Waals surface area contributed by atoms with Gasteiger partial charge in [-0.1, -0.05) is 50.7 Å². The number of carbonyl (C=O) groups excluding carboxylic acids is 2. The second-order valence-corrected chi connectivity index (χ2v) is 12.4. The molecule has 3 aromatic rings. The molecule has 208 valence electrons. The first kappa shape index (κ1) is 28.9. The number of aromatic nitrogens is 3. The van der Waals surface area contributed by atoms with Gasteiger partial charge in [0.15, 0.2) is 17.1 Å². The lowest BCUT2D eigenvalue weighted by Gasteiger charge is -2.20. The Bertz CT molecular complexity index is 1340. The van der Waals surface area contributed by atoms with Gasteiger partial charge < -0.3 is 14.8 Å². The average molecular weight is 569 g/mol. The molecule has 1 aromatic carbocycles. The molecule has 2 aromatic heterocycles. The van der Waals surface area contributed by atoms with Crippen molar-refractivity contribution in [1.82, 2.24) is 14.8 Å². The summed E-state index contributed by atoms with van der Waals surface area (Å²) in [5.74, 6) is 0.916. The molecule has 1 unspecified atom stereocenters. The predicted molar refractivity (Wildman–Crippen MR) is 156 cm³/mol. The maximum Gasteiger partial charge on any atom is 0.341 e. The molecule has 0 fully saturated rings. The highest BCUT2D eigenvalue weighted by atomic mass is 32.2. The van der Waals surface area contributed by atoms with Gasteiger partial charge in [-0.25, -0.2) is 4.79 Å². The van der Waals surface area contributed by atoms with Gasteiger partial charge in [-0.05, 0) is 61.8 Å². The van der Waals surface area contributed by atoms with Crippen LogP contribution in [-0.4, -0.2) is 39.0 Å². The first-order valence-corrected chi connectivity index (χ1v) is 15.0. The fourth-order valence-electron chi connectivity index (χ4n) is 4.50. The second kappa shape index (κ2) is 12.4. The van der Waals surface area contributed by atoms with Crippen LogP contribution in [0.4, 0.5) is 5.00 Å². The largest absolute Gasteiger partial charge is 0.483 e. The molecule has 0 spiro atoms. The third kappa shape index (κ3) is 6.73. The number of nitrogens with zero attached hydrogens (tertiary/aromatic N) is 3. The molecular weight excluding hydrogens is 532 g/mol. The van der Waals surface area contributed by atoms with Crippen LogP contribution in [0.3, 0.4) is 0 Å². The van der Waals surface area contributed by atoms with Crippen molar-refractivity contribution in [2.45, 2.75) is 77.1 Å². The number of amides is 1. The molecule has 1 aliphatic rings. The monoisotopic (exact) mass is 568 g/mol. The Morgan fingerprint density at radius 1 is 1.23 bits per heavy atom. The Balaban J connectivity index is 1.43. The van der Waals surface area contributed by atoms with Gasteiger partial charge in [0.2, 0.25) is 5.91 Å². The van der Waals surface area contributed by atoms with Crippen LogP contribution in [0.1, 0.15) is 79.3 Å². The topological polar surface area (TPSA) is 95.3 Å². The maximum atomic E-state index is 12.9. The smallest absolute Gasteiger partial charge is 0.341 e. The molecule has 0 radical (unpaired) electrons. The molecule has 1 atom stereocenters. The zero-order valence-corrected chi connectivity index (χ0v) is 24.8. The quantitative estimate of drug-likeness (QED) is 0.163. The van der Waals surface area contributed by atoms with Crippen molar-refractivity contribution in [3.05, 3.63) is 64.3 Å². The third-order valence-corrected chi connectivity index (χ3v) is 8.61. The van der Waals surface area contributed by atoms with E-state index >= 15 is 0 Å². The molecule has 1 amide bonds. The molecule has 0 aliphatic heterocycles. The van der Waals surface area contributed by atoms with Gasteiger partial charge in [0, 0.05) is 11.4 Å². The summed E-state index contributed by atoms with van der Waals surface area (Å²) in [6, 6.07) is 8.09. The molecule has 2 heterocycles. The van der Waals surface area contributed by atoms with E-state index < -0.39 is 0 Å². The van der Waals surface area contributed by atoms with E-state index in [9.17, 15) is 9.59 Å². The number of carbonyl (C=O) groups is 2. The summed E-state index contributed by atoms with van der Waals surface area (Å²) in [5.41, 5.74) is 2.82. The van der Waals surface area contributed by atoms with Gasteiger partial charge in [-0.15, -0.1) is 28.1 Å². The summed E-state index contributed by atoms with van der Waals surface area (Å²) in [5, 5.41) is 12.8. The van der Waals surface area contributed by atoms with Crippen LogP contribution in [0.2, 0.25) is 0 Å². The van der Waals surface area contributed by atoms with Crippen molar-refractivity contribution in [2.75, 3.05) is 17.7 Å². The molecule has 8 nitrogen and oxygen atoms in total. The van der Waals surface area contributed by atoms with Crippen LogP contribution < -0.4 is 10.1 Å². The van der Waals surface area contributed by atoms with Crippen molar-refractivity contribution in [2.24, 2.45) is 0 Å². The molecule has 0 bridgehead atoms. The van der Waals surface area contributed by atoms with Crippen molar-refractivity contribution in [3.63, 3.8) is 0 Å². The first-order valence-electron chi connectivity index (χ1n) is 13.2.